The number of aryl methyl sites for hydroxylation is 2. The molecule has 7 nitrogen and oxygen atoms in total. The Labute approximate surface area is 166 Å². The second-order valence-corrected chi connectivity index (χ2v) is 6.46. The van der Waals surface area contributed by atoms with E-state index in [1.54, 1.807) is 11.8 Å². The van der Waals surface area contributed by atoms with Crippen LogP contribution in [0, 0.1) is 13.8 Å². The zero-order valence-electron chi connectivity index (χ0n) is 16.2. The first kappa shape index (κ1) is 21.1. The van der Waals surface area contributed by atoms with Gasteiger partial charge in [-0.1, -0.05) is 18.2 Å². The number of aromatic nitrogens is 2. The van der Waals surface area contributed by atoms with E-state index < -0.39 is 0 Å². The van der Waals surface area contributed by atoms with Gasteiger partial charge in [0.15, 0.2) is 12.4 Å². The number of carbonyl (C=O) groups excluding carboxylic acids is 1. The highest BCUT2D eigenvalue weighted by Crippen LogP contribution is 2.30. The van der Waals surface area contributed by atoms with Crippen LogP contribution in [0.25, 0.3) is 0 Å². The van der Waals surface area contributed by atoms with Crippen molar-refractivity contribution >= 4 is 18.3 Å². The first-order valence-corrected chi connectivity index (χ1v) is 8.79. The fourth-order valence-corrected chi connectivity index (χ4v) is 3.40. The average Bonchev–Trinajstić information content (AvgIpc) is 2.91. The van der Waals surface area contributed by atoms with E-state index >= 15 is 0 Å². The Bertz CT molecular complexity index is 793. The van der Waals surface area contributed by atoms with Crippen LogP contribution in [-0.2, 0) is 11.8 Å². The van der Waals surface area contributed by atoms with Gasteiger partial charge in [0.05, 0.1) is 18.8 Å². The molecule has 0 spiro atoms. The van der Waals surface area contributed by atoms with Crippen molar-refractivity contribution < 1.29 is 14.3 Å². The van der Waals surface area contributed by atoms with Crippen LogP contribution in [-0.4, -0.2) is 53.9 Å². The predicted molar refractivity (Wildman–Crippen MR) is 106 cm³/mol. The van der Waals surface area contributed by atoms with Crippen molar-refractivity contribution in [2.24, 2.45) is 7.05 Å². The van der Waals surface area contributed by atoms with Gasteiger partial charge in [0, 0.05) is 32.2 Å². The molecule has 1 N–H and O–H groups in total. The minimum Gasteiger partial charge on any atom is -0.496 e. The highest BCUT2D eigenvalue weighted by Gasteiger charge is 2.30. The molecule has 1 atom stereocenters. The minimum absolute atomic E-state index is 0. The molecule has 1 unspecified atom stereocenters. The average molecular weight is 395 g/mol. The van der Waals surface area contributed by atoms with Gasteiger partial charge >= 0.3 is 0 Å². The third-order valence-corrected chi connectivity index (χ3v) is 4.84. The van der Waals surface area contributed by atoms with Crippen LogP contribution in [0.1, 0.15) is 23.0 Å². The smallest absolute Gasteiger partial charge is 0.261 e. The van der Waals surface area contributed by atoms with Crippen LogP contribution < -0.4 is 14.8 Å². The molecule has 1 amide bonds. The van der Waals surface area contributed by atoms with Gasteiger partial charge in [-0.25, -0.2) is 0 Å². The second-order valence-electron chi connectivity index (χ2n) is 6.46. The van der Waals surface area contributed by atoms with Crippen molar-refractivity contribution in [3.05, 3.63) is 41.2 Å². The molecule has 0 aliphatic carbocycles. The molecule has 1 aromatic carbocycles. The molecule has 1 fully saturated rings. The number of piperazine rings is 1. The van der Waals surface area contributed by atoms with E-state index in [2.05, 4.69) is 10.4 Å². The monoisotopic (exact) mass is 394 g/mol. The molecular weight excluding hydrogens is 368 g/mol. The number of amides is 1. The molecule has 1 aromatic heterocycles. The van der Waals surface area contributed by atoms with Gasteiger partial charge in [-0.3, -0.25) is 9.48 Å². The number of nitrogens with zero attached hydrogens (tertiary/aromatic N) is 3. The Hall–Kier alpha value is -2.25. The maximum absolute atomic E-state index is 12.9. The van der Waals surface area contributed by atoms with E-state index in [1.165, 1.54) is 0 Å². The van der Waals surface area contributed by atoms with Crippen molar-refractivity contribution in [2.75, 3.05) is 33.4 Å². The summed E-state index contributed by atoms with van der Waals surface area (Å²) in [5.74, 6) is 1.44. The van der Waals surface area contributed by atoms with Crippen LogP contribution in [0.4, 0.5) is 0 Å². The van der Waals surface area contributed by atoms with E-state index in [0.29, 0.717) is 18.8 Å². The summed E-state index contributed by atoms with van der Waals surface area (Å²) in [6.45, 7) is 5.91. The molecule has 1 aliphatic rings. The van der Waals surface area contributed by atoms with E-state index in [-0.39, 0.29) is 31.0 Å². The molecule has 1 saturated heterocycles. The topological polar surface area (TPSA) is 68.6 Å². The number of hydrogen-bond acceptors (Lipinski definition) is 5. The number of methoxy groups -OCH3 is 1. The molecule has 27 heavy (non-hydrogen) atoms. The first-order valence-electron chi connectivity index (χ1n) is 8.79. The summed E-state index contributed by atoms with van der Waals surface area (Å²) in [5, 5.41) is 7.69. The lowest BCUT2D eigenvalue weighted by Crippen LogP contribution is -2.50. The molecular formula is C19H27ClN4O3. The fraction of sp³-hybridized carbons (Fsp3) is 0.474. The Morgan fingerprint density at radius 1 is 1.33 bits per heavy atom. The second kappa shape index (κ2) is 9.10. The van der Waals surface area contributed by atoms with Gasteiger partial charge in [0.1, 0.15) is 11.4 Å². The van der Waals surface area contributed by atoms with Crippen molar-refractivity contribution in [3.8, 4) is 11.5 Å². The van der Waals surface area contributed by atoms with Gasteiger partial charge in [-0.15, -0.1) is 12.4 Å². The quantitative estimate of drug-likeness (QED) is 0.840. The van der Waals surface area contributed by atoms with Crippen LogP contribution in [0.5, 0.6) is 11.5 Å². The van der Waals surface area contributed by atoms with E-state index in [4.69, 9.17) is 9.47 Å². The van der Waals surface area contributed by atoms with Gasteiger partial charge in [-0.05, 0) is 19.9 Å². The number of halogens is 1. The molecule has 8 heteroatoms. The summed E-state index contributed by atoms with van der Waals surface area (Å²) in [5.41, 5.74) is 2.71. The zero-order chi connectivity index (χ0) is 18.7. The molecule has 0 bridgehead atoms. The molecule has 2 aromatic rings. The Balaban J connectivity index is 0.00000261. The van der Waals surface area contributed by atoms with Crippen molar-refractivity contribution in [3.63, 3.8) is 0 Å². The van der Waals surface area contributed by atoms with Crippen molar-refractivity contribution in [1.29, 1.82) is 0 Å². The number of para-hydroxylation sites is 1. The molecule has 2 heterocycles. The van der Waals surface area contributed by atoms with Crippen LogP contribution in [0.15, 0.2) is 24.3 Å². The highest BCUT2D eigenvalue weighted by atomic mass is 35.5. The standard InChI is InChI=1S/C19H26N4O3.ClH/c1-13-19(14(2)22(3)21-13)26-12-18(24)23-10-9-20-11-16(23)15-7-5-6-8-17(15)25-4;/h5-8,16,20H,9-12H2,1-4H3;1H. The van der Waals surface area contributed by atoms with Crippen LogP contribution >= 0.6 is 12.4 Å². The number of benzene rings is 1. The van der Waals surface area contributed by atoms with E-state index in [0.717, 1.165) is 29.2 Å². The molecule has 3 rings (SSSR count). The van der Waals surface area contributed by atoms with Gasteiger partial charge in [-0.2, -0.15) is 5.10 Å². The summed E-state index contributed by atoms with van der Waals surface area (Å²) in [6.07, 6.45) is 0. The SMILES string of the molecule is COc1ccccc1C1CNCCN1C(=O)COc1c(C)nn(C)c1C.Cl. The number of nitrogens with one attached hydrogen (secondary N) is 1. The maximum atomic E-state index is 12.9. The number of rotatable bonds is 5. The van der Waals surface area contributed by atoms with E-state index in [9.17, 15) is 4.79 Å². The lowest BCUT2D eigenvalue weighted by Gasteiger charge is -2.37. The lowest BCUT2D eigenvalue weighted by atomic mass is 10.0. The molecule has 0 saturated carbocycles. The summed E-state index contributed by atoms with van der Waals surface area (Å²) in [4.78, 5) is 14.8. The number of hydrogen-bond donors (Lipinski definition) is 1. The van der Waals surface area contributed by atoms with Crippen LogP contribution in [0.2, 0.25) is 0 Å². The first-order chi connectivity index (χ1) is 12.5. The van der Waals surface area contributed by atoms with Gasteiger partial charge in [0.25, 0.3) is 5.91 Å². The third kappa shape index (κ3) is 4.36. The number of ether oxygens (including phenoxy) is 2. The van der Waals surface area contributed by atoms with Crippen molar-refractivity contribution in [1.82, 2.24) is 20.0 Å². The zero-order valence-corrected chi connectivity index (χ0v) is 17.0. The van der Waals surface area contributed by atoms with Gasteiger partial charge < -0.3 is 19.7 Å². The molecule has 0 radical (unpaired) electrons. The van der Waals surface area contributed by atoms with Crippen LogP contribution in [0.3, 0.4) is 0 Å². The maximum Gasteiger partial charge on any atom is 0.261 e. The normalized spacial score (nSPS) is 16.6. The largest absolute Gasteiger partial charge is 0.496 e. The molecule has 1 aliphatic heterocycles. The minimum atomic E-state index is -0.0768. The summed E-state index contributed by atoms with van der Waals surface area (Å²) in [6, 6.07) is 7.75. The fourth-order valence-electron chi connectivity index (χ4n) is 3.40. The summed E-state index contributed by atoms with van der Waals surface area (Å²) < 4.78 is 13.1. The summed E-state index contributed by atoms with van der Waals surface area (Å²) in [7, 11) is 3.52. The predicted octanol–water partition coefficient (Wildman–Crippen LogP) is 2.02. The Morgan fingerprint density at radius 3 is 2.74 bits per heavy atom. The summed E-state index contributed by atoms with van der Waals surface area (Å²) >= 11 is 0. The Kier molecular flexibility index (Phi) is 7.10. The Morgan fingerprint density at radius 2 is 2.07 bits per heavy atom. The third-order valence-electron chi connectivity index (χ3n) is 4.84. The number of carbonyl (C=O) groups is 1. The molecule has 148 valence electrons. The van der Waals surface area contributed by atoms with Crippen molar-refractivity contribution in [2.45, 2.75) is 19.9 Å². The lowest BCUT2D eigenvalue weighted by molar-refractivity contribution is -0.136. The highest BCUT2D eigenvalue weighted by molar-refractivity contribution is 5.85. The van der Waals surface area contributed by atoms with E-state index in [1.807, 2.05) is 50.1 Å². The van der Waals surface area contributed by atoms with Gasteiger partial charge in [0.2, 0.25) is 0 Å².